The minimum Gasteiger partial charge on any atom is -0.495 e. The van der Waals surface area contributed by atoms with Gasteiger partial charge in [-0.05, 0) is 42.9 Å². The summed E-state index contributed by atoms with van der Waals surface area (Å²) in [5, 5.41) is 11.1. The number of hydrogen-bond donors (Lipinski definition) is 1. The van der Waals surface area contributed by atoms with Crippen LogP contribution in [0.4, 0.5) is 0 Å². The average Bonchev–Trinajstić information content (AvgIpc) is 2.60. The molecule has 0 bridgehead atoms. The van der Waals surface area contributed by atoms with Crippen molar-refractivity contribution in [3.8, 4) is 5.75 Å². The molecule has 0 aromatic heterocycles. The second-order valence-electron chi connectivity index (χ2n) is 4.73. The second kappa shape index (κ2) is 4.27. The van der Waals surface area contributed by atoms with E-state index in [1.165, 1.54) is 0 Å². The van der Waals surface area contributed by atoms with Gasteiger partial charge in [0.05, 0.1) is 17.7 Å². The van der Waals surface area contributed by atoms with E-state index in [2.05, 4.69) is 6.92 Å². The van der Waals surface area contributed by atoms with Gasteiger partial charge in [-0.3, -0.25) is 0 Å². The first-order chi connectivity index (χ1) is 7.55. The van der Waals surface area contributed by atoms with Gasteiger partial charge < -0.3 is 9.84 Å². The first-order valence-electron chi connectivity index (χ1n) is 5.61. The summed E-state index contributed by atoms with van der Waals surface area (Å²) in [4.78, 5) is 0. The molecular formula is C13H17ClO2. The highest BCUT2D eigenvalue weighted by Crippen LogP contribution is 2.43. The third kappa shape index (κ3) is 2.04. The molecule has 2 rings (SSSR count). The number of benzene rings is 1. The Morgan fingerprint density at radius 3 is 2.81 bits per heavy atom. The second-order valence-corrected chi connectivity index (χ2v) is 5.14. The Hall–Kier alpha value is -0.730. The van der Waals surface area contributed by atoms with Gasteiger partial charge in [-0.15, -0.1) is 0 Å². The van der Waals surface area contributed by atoms with Crippen LogP contribution in [0.5, 0.6) is 5.75 Å². The molecule has 1 fully saturated rings. The molecular weight excluding hydrogens is 224 g/mol. The van der Waals surface area contributed by atoms with Crippen LogP contribution in [-0.2, 0) is 5.60 Å². The summed E-state index contributed by atoms with van der Waals surface area (Å²) in [5.41, 5.74) is 0.218. The van der Waals surface area contributed by atoms with E-state index in [0.29, 0.717) is 16.7 Å². The van der Waals surface area contributed by atoms with E-state index in [1.807, 2.05) is 12.1 Å². The summed E-state index contributed by atoms with van der Waals surface area (Å²) in [7, 11) is 1.59. The van der Waals surface area contributed by atoms with Crippen molar-refractivity contribution in [2.45, 2.75) is 31.8 Å². The van der Waals surface area contributed by atoms with Crippen LogP contribution in [0.2, 0.25) is 5.02 Å². The quantitative estimate of drug-likeness (QED) is 0.859. The van der Waals surface area contributed by atoms with Crippen LogP contribution in [0.3, 0.4) is 0 Å². The lowest BCUT2D eigenvalue weighted by molar-refractivity contribution is 0.0406. The van der Waals surface area contributed by atoms with Crippen molar-refractivity contribution >= 4 is 11.6 Å². The fraction of sp³-hybridized carbons (Fsp3) is 0.538. The summed E-state index contributed by atoms with van der Waals surface area (Å²) < 4.78 is 5.17. The van der Waals surface area contributed by atoms with Crippen LogP contribution in [0.15, 0.2) is 18.2 Å². The summed E-state index contributed by atoms with van der Waals surface area (Å²) in [5.74, 6) is 1.21. The molecule has 1 saturated carbocycles. The monoisotopic (exact) mass is 240 g/mol. The number of halogens is 1. The van der Waals surface area contributed by atoms with Gasteiger partial charge in [-0.1, -0.05) is 24.6 Å². The van der Waals surface area contributed by atoms with E-state index in [-0.39, 0.29) is 0 Å². The van der Waals surface area contributed by atoms with Crippen molar-refractivity contribution < 1.29 is 9.84 Å². The molecule has 0 spiro atoms. The SMILES string of the molecule is COc1cc(C2(O)CCC(C)C2)ccc1Cl. The minimum absolute atomic E-state index is 0.576. The van der Waals surface area contributed by atoms with Gasteiger partial charge in [0.2, 0.25) is 0 Å². The third-order valence-electron chi connectivity index (χ3n) is 3.43. The fourth-order valence-corrected chi connectivity index (χ4v) is 2.67. The molecule has 0 radical (unpaired) electrons. The largest absolute Gasteiger partial charge is 0.495 e. The highest BCUT2D eigenvalue weighted by molar-refractivity contribution is 6.32. The number of ether oxygens (including phenoxy) is 1. The van der Waals surface area contributed by atoms with Crippen LogP contribution in [0, 0.1) is 5.92 Å². The Morgan fingerprint density at radius 2 is 2.25 bits per heavy atom. The van der Waals surface area contributed by atoms with Crippen molar-refractivity contribution in [2.24, 2.45) is 5.92 Å². The fourth-order valence-electron chi connectivity index (χ4n) is 2.48. The van der Waals surface area contributed by atoms with Gasteiger partial charge >= 0.3 is 0 Å². The van der Waals surface area contributed by atoms with Crippen molar-refractivity contribution in [1.82, 2.24) is 0 Å². The summed E-state index contributed by atoms with van der Waals surface area (Å²) in [6, 6.07) is 5.53. The molecule has 1 aromatic carbocycles. The molecule has 1 N–H and O–H groups in total. The molecule has 0 amide bonds. The Labute approximate surface area is 101 Å². The third-order valence-corrected chi connectivity index (χ3v) is 3.74. The first kappa shape index (κ1) is 11.7. The maximum absolute atomic E-state index is 10.5. The zero-order chi connectivity index (χ0) is 11.8. The van der Waals surface area contributed by atoms with Crippen LogP contribution < -0.4 is 4.74 Å². The Kier molecular flexibility index (Phi) is 3.13. The van der Waals surface area contributed by atoms with Crippen molar-refractivity contribution in [1.29, 1.82) is 0 Å². The summed E-state index contributed by atoms with van der Waals surface area (Å²) in [6.07, 6.45) is 2.71. The predicted molar refractivity (Wildman–Crippen MR) is 64.9 cm³/mol. The molecule has 1 aliphatic rings. The van der Waals surface area contributed by atoms with Crippen LogP contribution in [-0.4, -0.2) is 12.2 Å². The predicted octanol–water partition coefficient (Wildman–Crippen LogP) is 3.36. The van der Waals surface area contributed by atoms with Gasteiger partial charge in [0.1, 0.15) is 5.75 Å². The zero-order valence-corrected chi connectivity index (χ0v) is 10.4. The van der Waals surface area contributed by atoms with Gasteiger partial charge in [0.25, 0.3) is 0 Å². The van der Waals surface area contributed by atoms with Crippen LogP contribution >= 0.6 is 11.6 Å². The van der Waals surface area contributed by atoms with Gasteiger partial charge in [0, 0.05) is 0 Å². The van der Waals surface area contributed by atoms with Gasteiger partial charge in [-0.25, -0.2) is 0 Å². The molecule has 1 aliphatic carbocycles. The lowest BCUT2D eigenvalue weighted by Gasteiger charge is -2.23. The lowest BCUT2D eigenvalue weighted by atomic mass is 9.91. The van der Waals surface area contributed by atoms with Gasteiger partial charge in [0.15, 0.2) is 0 Å². The molecule has 0 heterocycles. The summed E-state index contributed by atoms with van der Waals surface area (Å²) >= 11 is 5.97. The zero-order valence-electron chi connectivity index (χ0n) is 9.66. The van der Waals surface area contributed by atoms with Gasteiger partial charge in [-0.2, -0.15) is 0 Å². The molecule has 0 aliphatic heterocycles. The molecule has 2 atom stereocenters. The highest BCUT2D eigenvalue weighted by Gasteiger charge is 2.37. The van der Waals surface area contributed by atoms with Crippen molar-refractivity contribution in [2.75, 3.05) is 7.11 Å². The van der Waals surface area contributed by atoms with E-state index in [0.717, 1.165) is 24.8 Å². The van der Waals surface area contributed by atoms with E-state index in [4.69, 9.17) is 16.3 Å². The Bertz CT molecular complexity index is 392. The average molecular weight is 241 g/mol. The smallest absolute Gasteiger partial charge is 0.137 e. The maximum atomic E-state index is 10.5. The molecule has 2 nitrogen and oxygen atoms in total. The topological polar surface area (TPSA) is 29.5 Å². The van der Waals surface area contributed by atoms with Crippen LogP contribution in [0.25, 0.3) is 0 Å². The highest BCUT2D eigenvalue weighted by atomic mass is 35.5. The lowest BCUT2D eigenvalue weighted by Crippen LogP contribution is -2.21. The molecule has 3 heteroatoms. The van der Waals surface area contributed by atoms with E-state index < -0.39 is 5.60 Å². The molecule has 1 aromatic rings. The molecule has 0 saturated heterocycles. The van der Waals surface area contributed by atoms with E-state index in [1.54, 1.807) is 13.2 Å². The Morgan fingerprint density at radius 1 is 1.50 bits per heavy atom. The minimum atomic E-state index is -0.697. The Balaban J connectivity index is 2.33. The number of rotatable bonds is 2. The van der Waals surface area contributed by atoms with Crippen molar-refractivity contribution in [3.63, 3.8) is 0 Å². The summed E-state index contributed by atoms with van der Waals surface area (Å²) in [6.45, 7) is 2.17. The maximum Gasteiger partial charge on any atom is 0.137 e. The number of hydrogen-bond acceptors (Lipinski definition) is 2. The standard InChI is InChI=1S/C13H17ClO2/c1-9-5-6-13(15,8-9)10-3-4-11(14)12(7-10)16-2/h3-4,7,9,15H,5-6,8H2,1-2H3. The molecule has 2 unspecified atom stereocenters. The molecule has 88 valence electrons. The van der Waals surface area contributed by atoms with E-state index in [9.17, 15) is 5.11 Å². The van der Waals surface area contributed by atoms with Crippen LogP contribution in [0.1, 0.15) is 31.7 Å². The molecule has 16 heavy (non-hydrogen) atoms. The normalized spacial score (nSPS) is 29.4. The van der Waals surface area contributed by atoms with Crippen molar-refractivity contribution in [3.05, 3.63) is 28.8 Å². The van der Waals surface area contributed by atoms with E-state index >= 15 is 0 Å². The number of aliphatic hydroxyl groups is 1. The first-order valence-corrected chi connectivity index (χ1v) is 5.99. The number of methoxy groups -OCH3 is 1.